The number of fused-ring (bicyclic) bond motifs is 2. The first-order valence-corrected chi connectivity index (χ1v) is 13.1. The molecule has 1 aliphatic rings. The van der Waals surface area contributed by atoms with Crippen molar-refractivity contribution < 1.29 is 9.47 Å². The van der Waals surface area contributed by atoms with Crippen LogP contribution in [0.15, 0.2) is 77.9 Å². The molecule has 1 N–H and O–H groups in total. The first kappa shape index (κ1) is 24.7. The van der Waals surface area contributed by atoms with Gasteiger partial charge in [-0.15, -0.1) is 5.10 Å². The first-order valence-electron chi connectivity index (χ1n) is 13.1. The Kier molecular flexibility index (Phi) is 7.01. The minimum atomic E-state index is -0.144. The number of pyridine rings is 2. The second-order valence-electron chi connectivity index (χ2n) is 9.58. The zero-order chi connectivity index (χ0) is 26.6. The Hall–Kier alpha value is -4.57. The molecule has 10 nitrogen and oxygen atoms in total. The highest BCUT2D eigenvalue weighted by Gasteiger charge is 2.26. The van der Waals surface area contributed by atoms with Crippen LogP contribution >= 0.6 is 0 Å². The van der Waals surface area contributed by atoms with Gasteiger partial charge in [0.1, 0.15) is 13.2 Å². The molecule has 6 rings (SSSR count). The van der Waals surface area contributed by atoms with Crippen LogP contribution in [0.2, 0.25) is 0 Å². The van der Waals surface area contributed by atoms with Gasteiger partial charge >= 0.3 is 0 Å². The Balaban J connectivity index is 1.36. The number of aromatic nitrogens is 6. The number of rotatable bonds is 9. The van der Waals surface area contributed by atoms with Gasteiger partial charge in [-0.2, -0.15) is 0 Å². The van der Waals surface area contributed by atoms with Gasteiger partial charge < -0.3 is 14.5 Å². The Morgan fingerprint density at radius 3 is 2.56 bits per heavy atom. The van der Waals surface area contributed by atoms with Gasteiger partial charge in [-0.25, -0.2) is 4.68 Å². The van der Waals surface area contributed by atoms with E-state index in [1.54, 1.807) is 6.20 Å². The quantitative estimate of drug-likeness (QED) is 0.310. The molecule has 2 aromatic carbocycles. The van der Waals surface area contributed by atoms with Gasteiger partial charge in [-0.3, -0.25) is 14.7 Å². The Bertz CT molecular complexity index is 1620. The molecule has 0 amide bonds. The molecular weight excluding hydrogens is 494 g/mol. The third-order valence-electron chi connectivity index (χ3n) is 6.93. The van der Waals surface area contributed by atoms with E-state index in [0.29, 0.717) is 55.4 Å². The summed E-state index contributed by atoms with van der Waals surface area (Å²) in [4.78, 5) is 22.9. The lowest BCUT2D eigenvalue weighted by Crippen LogP contribution is -2.32. The van der Waals surface area contributed by atoms with Gasteiger partial charge in [0, 0.05) is 42.5 Å². The first-order chi connectivity index (χ1) is 19.2. The maximum Gasteiger partial charge on any atom is 0.252 e. The van der Waals surface area contributed by atoms with E-state index in [0.717, 1.165) is 28.8 Å². The van der Waals surface area contributed by atoms with E-state index in [1.807, 2.05) is 59.4 Å². The number of tetrazole rings is 1. The smallest absolute Gasteiger partial charge is 0.252 e. The highest BCUT2D eigenvalue weighted by atomic mass is 16.6. The van der Waals surface area contributed by atoms with E-state index >= 15 is 0 Å². The molecular formula is C29H29N7O3. The average molecular weight is 524 g/mol. The number of benzene rings is 2. The van der Waals surface area contributed by atoms with Crippen molar-refractivity contribution in [1.29, 1.82) is 0 Å². The Morgan fingerprint density at radius 2 is 1.79 bits per heavy atom. The third kappa shape index (κ3) is 5.37. The predicted octanol–water partition coefficient (Wildman–Crippen LogP) is 3.88. The summed E-state index contributed by atoms with van der Waals surface area (Å²) < 4.78 is 13.3. The van der Waals surface area contributed by atoms with Crippen LogP contribution in [0.3, 0.4) is 0 Å². The minimum absolute atomic E-state index is 0.140. The molecule has 0 aliphatic carbocycles. The number of nitrogens with one attached hydrogen (secondary N) is 1. The monoisotopic (exact) mass is 523 g/mol. The molecule has 39 heavy (non-hydrogen) atoms. The summed E-state index contributed by atoms with van der Waals surface area (Å²) in [7, 11) is 0. The number of aromatic amines is 1. The molecule has 1 atom stereocenters. The summed E-state index contributed by atoms with van der Waals surface area (Å²) in [6.45, 7) is 4.63. The van der Waals surface area contributed by atoms with Crippen molar-refractivity contribution in [2.75, 3.05) is 13.2 Å². The van der Waals surface area contributed by atoms with E-state index in [1.165, 1.54) is 0 Å². The van der Waals surface area contributed by atoms with E-state index in [-0.39, 0.29) is 11.6 Å². The van der Waals surface area contributed by atoms with Crippen LogP contribution in [0, 0.1) is 0 Å². The number of H-pyrrole nitrogens is 1. The van der Waals surface area contributed by atoms with Gasteiger partial charge in [0.2, 0.25) is 0 Å². The third-order valence-corrected chi connectivity index (χ3v) is 6.93. The maximum atomic E-state index is 13.3. The molecule has 0 saturated heterocycles. The standard InChI is InChI=1S/C29H29N7O3/c1-2-25(28-32-33-34-36(28)18-20-7-4-3-5-8-20)35(17-21-9-6-10-30-16-21)19-23-13-22-14-26-27(39-12-11-38-26)15-24(22)31-29(23)37/h3-10,13-16,25H,2,11-12,17-19H2,1H3,(H,31,37)/t25-/m0/s1. The lowest BCUT2D eigenvalue weighted by atomic mass is 10.1. The van der Waals surface area contributed by atoms with Crippen LogP contribution in [-0.2, 0) is 19.6 Å². The molecule has 5 aromatic rings. The Labute approximate surface area is 225 Å². The fraction of sp³-hybridized carbons (Fsp3) is 0.276. The molecule has 4 heterocycles. The fourth-order valence-electron chi connectivity index (χ4n) is 5.05. The maximum absolute atomic E-state index is 13.3. The average Bonchev–Trinajstić information content (AvgIpc) is 3.41. The minimum Gasteiger partial charge on any atom is -0.486 e. The van der Waals surface area contributed by atoms with Crippen molar-refractivity contribution in [3.8, 4) is 11.5 Å². The zero-order valence-electron chi connectivity index (χ0n) is 21.7. The van der Waals surface area contributed by atoms with Gasteiger partial charge in [0.05, 0.1) is 18.1 Å². The fourth-order valence-corrected chi connectivity index (χ4v) is 5.05. The van der Waals surface area contributed by atoms with Gasteiger partial charge in [0.25, 0.3) is 5.56 Å². The normalized spacial score (nSPS) is 13.6. The van der Waals surface area contributed by atoms with Crippen LogP contribution in [-0.4, -0.2) is 48.3 Å². The number of hydrogen-bond acceptors (Lipinski definition) is 8. The molecule has 10 heteroatoms. The van der Waals surface area contributed by atoms with E-state index in [2.05, 4.69) is 49.4 Å². The molecule has 3 aromatic heterocycles. The van der Waals surface area contributed by atoms with Crippen LogP contribution in [0.5, 0.6) is 11.5 Å². The predicted molar refractivity (Wildman–Crippen MR) is 145 cm³/mol. The van der Waals surface area contributed by atoms with Gasteiger partial charge in [0.15, 0.2) is 17.3 Å². The summed E-state index contributed by atoms with van der Waals surface area (Å²) in [5.74, 6) is 2.08. The Morgan fingerprint density at radius 1 is 1.00 bits per heavy atom. The van der Waals surface area contributed by atoms with E-state index in [4.69, 9.17) is 9.47 Å². The van der Waals surface area contributed by atoms with Gasteiger partial charge in [-0.05, 0) is 46.2 Å². The van der Waals surface area contributed by atoms with Crippen LogP contribution in [0.4, 0.5) is 0 Å². The molecule has 0 unspecified atom stereocenters. The zero-order valence-corrected chi connectivity index (χ0v) is 21.7. The molecule has 0 saturated carbocycles. The summed E-state index contributed by atoms with van der Waals surface area (Å²) in [5.41, 5.74) is 3.36. The molecule has 1 aliphatic heterocycles. The second kappa shape index (κ2) is 11.0. The van der Waals surface area contributed by atoms with Crippen LogP contribution in [0.1, 0.15) is 41.9 Å². The summed E-state index contributed by atoms with van der Waals surface area (Å²) >= 11 is 0. The van der Waals surface area contributed by atoms with Crippen molar-refractivity contribution in [3.63, 3.8) is 0 Å². The SMILES string of the molecule is CC[C@@H](c1nnnn1Cc1ccccc1)N(Cc1cccnc1)Cc1cc2cc3c(cc2[nH]c1=O)OCCO3. The van der Waals surface area contributed by atoms with Crippen LogP contribution < -0.4 is 15.0 Å². The largest absolute Gasteiger partial charge is 0.486 e. The lowest BCUT2D eigenvalue weighted by Gasteiger charge is -2.30. The topological polar surface area (TPSA) is 111 Å². The van der Waals surface area contributed by atoms with E-state index < -0.39 is 0 Å². The van der Waals surface area contributed by atoms with Crippen molar-refractivity contribution >= 4 is 10.9 Å². The second-order valence-corrected chi connectivity index (χ2v) is 9.58. The molecule has 0 spiro atoms. The summed E-state index contributed by atoms with van der Waals surface area (Å²) in [5, 5.41) is 13.6. The number of nitrogens with zero attached hydrogens (tertiary/aromatic N) is 6. The number of ether oxygens (including phenoxy) is 2. The molecule has 0 radical (unpaired) electrons. The highest BCUT2D eigenvalue weighted by molar-refractivity contribution is 5.83. The lowest BCUT2D eigenvalue weighted by molar-refractivity contribution is 0.161. The number of hydrogen-bond donors (Lipinski definition) is 1. The van der Waals surface area contributed by atoms with Crippen molar-refractivity contribution in [3.05, 3.63) is 106 Å². The van der Waals surface area contributed by atoms with Crippen molar-refractivity contribution in [1.82, 2.24) is 35.1 Å². The highest BCUT2D eigenvalue weighted by Crippen LogP contribution is 2.34. The van der Waals surface area contributed by atoms with Crippen LogP contribution in [0.25, 0.3) is 10.9 Å². The van der Waals surface area contributed by atoms with E-state index in [9.17, 15) is 4.79 Å². The van der Waals surface area contributed by atoms with Crippen molar-refractivity contribution in [2.45, 2.75) is 39.0 Å². The summed E-state index contributed by atoms with van der Waals surface area (Å²) in [6.07, 6.45) is 4.35. The van der Waals surface area contributed by atoms with Crippen molar-refractivity contribution in [2.24, 2.45) is 0 Å². The summed E-state index contributed by atoms with van der Waals surface area (Å²) in [6, 6.07) is 19.6. The molecule has 0 bridgehead atoms. The molecule has 198 valence electrons. The molecule has 0 fully saturated rings. The van der Waals surface area contributed by atoms with Gasteiger partial charge in [-0.1, -0.05) is 43.3 Å².